The van der Waals surface area contributed by atoms with Crippen molar-refractivity contribution in [3.05, 3.63) is 0 Å². The van der Waals surface area contributed by atoms with Gasteiger partial charge in [0.2, 0.25) is 5.91 Å². The van der Waals surface area contributed by atoms with Crippen molar-refractivity contribution in [1.29, 1.82) is 0 Å². The summed E-state index contributed by atoms with van der Waals surface area (Å²) in [5.74, 6) is 1.65. The Balaban J connectivity index is 2.07. The largest absolute Gasteiger partial charge is 0.356 e. The maximum Gasteiger partial charge on any atom is 0.223 e. The molecule has 1 aliphatic rings. The van der Waals surface area contributed by atoms with E-state index in [1.54, 1.807) is 0 Å². The van der Waals surface area contributed by atoms with Gasteiger partial charge in [-0.3, -0.25) is 4.79 Å². The van der Waals surface area contributed by atoms with Crippen LogP contribution in [0.15, 0.2) is 0 Å². The fourth-order valence-corrected chi connectivity index (χ4v) is 3.21. The number of rotatable bonds is 9. The van der Waals surface area contributed by atoms with Gasteiger partial charge in [-0.05, 0) is 37.6 Å². The summed E-state index contributed by atoms with van der Waals surface area (Å²) < 4.78 is 0. The number of hydrogen-bond acceptors (Lipinski definition) is 2. The third kappa shape index (κ3) is 6.74. The van der Waals surface area contributed by atoms with Crippen LogP contribution in [0.2, 0.25) is 0 Å². The second kappa shape index (κ2) is 10.2. The second-order valence-corrected chi connectivity index (χ2v) is 6.77. The summed E-state index contributed by atoms with van der Waals surface area (Å²) in [5.41, 5.74) is 5.79. The summed E-state index contributed by atoms with van der Waals surface area (Å²) in [6.07, 6.45) is 10.9. The quantitative estimate of drug-likeness (QED) is 0.636. The molecular formula is C17H34N2O. The lowest BCUT2D eigenvalue weighted by Gasteiger charge is -2.29. The fourth-order valence-electron chi connectivity index (χ4n) is 3.21. The minimum Gasteiger partial charge on any atom is -0.356 e. The summed E-state index contributed by atoms with van der Waals surface area (Å²) >= 11 is 0. The number of nitrogens with one attached hydrogen (secondary N) is 1. The second-order valence-electron chi connectivity index (χ2n) is 6.77. The molecule has 3 heteroatoms. The number of hydrogen-bond donors (Lipinski definition) is 2. The van der Waals surface area contributed by atoms with E-state index < -0.39 is 0 Å². The van der Waals surface area contributed by atoms with Crippen molar-refractivity contribution < 1.29 is 4.79 Å². The van der Waals surface area contributed by atoms with Gasteiger partial charge in [-0.2, -0.15) is 0 Å². The molecule has 2 unspecified atom stereocenters. The smallest absolute Gasteiger partial charge is 0.223 e. The highest BCUT2D eigenvalue weighted by molar-refractivity contribution is 5.79. The van der Waals surface area contributed by atoms with Gasteiger partial charge >= 0.3 is 0 Å². The molecule has 118 valence electrons. The van der Waals surface area contributed by atoms with E-state index >= 15 is 0 Å². The van der Waals surface area contributed by atoms with Crippen molar-refractivity contribution in [1.82, 2.24) is 5.32 Å². The molecule has 0 aliphatic heterocycles. The molecule has 20 heavy (non-hydrogen) atoms. The summed E-state index contributed by atoms with van der Waals surface area (Å²) in [7, 11) is 0. The van der Waals surface area contributed by atoms with E-state index in [0.717, 1.165) is 31.7 Å². The number of carbonyl (C=O) groups is 1. The van der Waals surface area contributed by atoms with Gasteiger partial charge in [0.25, 0.3) is 0 Å². The zero-order valence-electron chi connectivity index (χ0n) is 13.5. The van der Waals surface area contributed by atoms with Crippen molar-refractivity contribution in [3.8, 4) is 0 Å². The van der Waals surface area contributed by atoms with Gasteiger partial charge in [0.05, 0.1) is 0 Å². The van der Waals surface area contributed by atoms with E-state index in [0.29, 0.717) is 12.5 Å². The van der Waals surface area contributed by atoms with Crippen molar-refractivity contribution in [2.75, 3.05) is 13.1 Å². The van der Waals surface area contributed by atoms with Crippen LogP contribution < -0.4 is 11.1 Å². The lowest BCUT2D eigenvalue weighted by Crippen LogP contribution is -2.39. The van der Waals surface area contributed by atoms with E-state index in [9.17, 15) is 4.79 Å². The normalized spacial score (nSPS) is 23.0. The van der Waals surface area contributed by atoms with Crippen LogP contribution in [0.4, 0.5) is 0 Å². The third-order valence-electron chi connectivity index (χ3n) is 4.56. The van der Waals surface area contributed by atoms with Gasteiger partial charge in [-0.1, -0.05) is 52.4 Å². The number of amides is 1. The van der Waals surface area contributed by atoms with Crippen LogP contribution >= 0.6 is 0 Å². The van der Waals surface area contributed by atoms with Crippen LogP contribution in [-0.4, -0.2) is 19.0 Å². The standard InChI is InChI=1S/C17H34N2O/c1-14(2)9-5-3-4-8-12-19-17(20)16-11-7-6-10-15(16)13-18/h14-16H,3-13,18H2,1-2H3,(H,19,20). The molecule has 2 atom stereocenters. The molecule has 0 heterocycles. The molecule has 0 spiro atoms. The lowest BCUT2D eigenvalue weighted by molar-refractivity contribution is -0.127. The summed E-state index contributed by atoms with van der Waals surface area (Å²) in [4.78, 5) is 12.2. The Morgan fingerprint density at radius 1 is 1.15 bits per heavy atom. The Morgan fingerprint density at radius 3 is 2.55 bits per heavy atom. The van der Waals surface area contributed by atoms with Gasteiger partial charge in [0, 0.05) is 12.5 Å². The minimum atomic E-state index is 0.176. The molecule has 1 saturated carbocycles. The van der Waals surface area contributed by atoms with E-state index in [-0.39, 0.29) is 11.8 Å². The van der Waals surface area contributed by atoms with Crippen LogP contribution in [0.1, 0.15) is 71.6 Å². The van der Waals surface area contributed by atoms with E-state index in [1.807, 2.05) is 0 Å². The third-order valence-corrected chi connectivity index (χ3v) is 4.56. The molecule has 0 radical (unpaired) electrons. The molecule has 1 amide bonds. The van der Waals surface area contributed by atoms with Gasteiger partial charge in [0.15, 0.2) is 0 Å². The predicted octanol–water partition coefficient (Wildman–Crippen LogP) is 3.47. The average molecular weight is 282 g/mol. The van der Waals surface area contributed by atoms with Gasteiger partial charge in [-0.15, -0.1) is 0 Å². The zero-order chi connectivity index (χ0) is 14.8. The van der Waals surface area contributed by atoms with Crippen LogP contribution in [-0.2, 0) is 4.79 Å². The molecule has 3 nitrogen and oxygen atoms in total. The van der Waals surface area contributed by atoms with Crippen LogP contribution in [0.25, 0.3) is 0 Å². The molecule has 1 aliphatic carbocycles. The zero-order valence-corrected chi connectivity index (χ0v) is 13.5. The Labute approximate surface area is 125 Å². The Kier molecular flexibility index (Phi) is 8.92. The minimum absolute atomic E-state index is 0.176. The highest BCUT2D eigenvalue weighted by Crippen LogP contribution is 2.29. The molecule has 1 fully saturated rings. The first-order valence-electron chi connectivity index (χ1n) is 8.63. The van der Waals surface area contributed by atoms with Gasteiger partial charge in [0.1, 0.15) is 0 Å². The number of carbonyl (C=O) groups excluding carboxylic acids is 1. The molecule has 0 saturated heterocycles. The lowest BCUT2D eigenvalue weighted by atomic mass is 9.79. The average Bonchev–Trinajstić information content (AvgIpc) is 2.45. The molecule has 0 aromatic heterocycles. The molecule has 0 bridgehead atoms. The molecule has 3 N–H and O–H groups in total. The van der Waals surface area contributed by atoms with Gasteiger partial charge in [-0.25, -0.2) is 0 Å². The number of nitrogens with two attached hydrogens (primary N) is 1. The monoisotopic (exact) mass is 282 g/mol. The SMILES string of the molecule is CC(C)CCCCCCNC(=O)C1CCCCC1CN. The van der Waals surface area contributed by atoms with Crippen molar-refractivity contribution >= 4 is 5.91 Å². The van der Waals surface area contributed by atoms with Crippen LogP contribution in [0.5, 0.6) is 0 Å². The summed E-state index contributed by atoms with van der Waals surface area (Å²) in [6.45, 7) is 6.05. The molecule has 1 rings (SSSR count). The summed E-state index contributed by atoms with van der Waals surface area (Å²) in [6, 6.07) is 0. The van der Waals surface area contributed by atoms with Crippen molar-refractivity contribution in [3.63, 3.8) is 0 Å². The van der Waals surface area contributed by atoms with Gasteiger partial charge < -0.3 is 11.1 Å². The fraction of sp³-hybridized carbons (Fsp3) is 0.941. The summed E-state index contributed by atoms with van der Waals surface area (Å²) in [5, 5.41) is 3.12. The first kappa shape index (κ1) is 17.5. The molecule has 0 aromatic rings. The predicted molar refractivity (Wildman–Crippen MR) is 85.4 cm³/mol. The Hall–Kier alpha value is -0.570. The Morgan fingerprint density at radius 2 is 1.85 bits per heavy atom. The van der Waals surface area contributed by atoms with E-state index in [4.69, 9.17) is 5.73 Å². The highest BCUT2D eigenvalue weighted by Gasteiger charge is 2.29. The first-order valence-corrected chi connectivity index (χ1v) is 8.63. The molecular weight excluding hydrogens is 248 g/mol. The van der Waals surface area contributed by atoms with Crippen LogP contribution in [0, 0.1) is 17.8 Å². The molecule has 0 aromatic carbocycles. The number of unbranched alkanes of at least 4 members (excludes halogenated alkanes) is 3. The van der Waals surface area contributed by atoms with E-state index in [2.05, 4.69) is 19.2 Å². The highest BCUT2D eigenvalue weighted by atomic mass is 16.1. The topological polar surface area (TPSA) is 55.1 Å². The first-order chi connectivity index (χ1) is 9.65. The maximum atomic E-state index is 12.2. The van der Waals surface area contributed by atoms with Crippen molar-refractivity contribution in [2.45, 2.75) is 71.6 Å². The van der Waals surface area contributed by atoms with Crippen LogP contribution in [0.3, 0.4) is 0 Å². The Bertz CT molecular complexity index is 266. The maximum absolute atomic E-state index is 12.2. The van der Waals surface area contributed by atoms with Crippen molar-refractivity contribution in [2.24, 2.45) is 23.5 Å². The van der Waals surface area contributed by atoms with E-state index in [1.165, 1.54) is 38.5 Å².